The maximum atomic E-state index is 13.0. The monoisotopic (exact) mass is 359 g/mol. The van der Waals surface area contributed by atoms with Crippen molar-refractivity contribution < 1.29 is 28.1 Å². The average Bonchev–Trinajstić information content (AvgIpc) is 3.06. The molecule has 0 radical (unpaired) electrons. The topological polar surface area (TPSA) is 123 Å². The molecular formula is C16H10FN3O6. The number of rotatable bonds is 4. The zero-order chi connectivity index (χ0) is 18.8. The molecule has 1 aromatic heterocycles. The Morgan fingerprint density at radius 2 is 1.85 bits per heavy atom. The van der Waals surface area contributed by atoms with Gasteiger partial charge in [0, 0.05) is 0 Å². The molecule has 10 heteroatoms. The molecule has 26 heavy (non-hydrogen) atoms. The van der Waals surface area contributed by atoms with Crippen LogP contribution in [0.5, 0.6) is 0 Å². The van der Waals surface area contributed by atoms with E-state index in [-0.39, 0.29) is 12.3 Å². The summed E-state index contributed by atoms with van der Waals surface area (Å²) in [5.74, 6) is -2.97. The SMILES string of the molecule is O=C1NC(=O)N(Cc2ccc(F)cc2)C(=O)C1=Cc1ccc([N+](=O)[O-])o1. The summed E-state index contributed by atoms with van der Waals surface area (Å²) in [5.41, 5.74) is 0.0493. The third-order valence-corrected chi connectivity index (χ3v) is 3.52. The number of amides is 4. The van der Waals surface area contributed by atoms with Crippen LogP contribution in [0, 0.1) is 15.9 Å². The van der Waals surface area contributed by atoms with Crippen LogP contribution in [0.25, 0.3) is 6.08 Å². The molecule has 1 fully saturated rings. The third-order valence-electron chi connectivity index (χ3n) is 3.52. The maximum Gasteiger partial charge on any atom is 0.433 e. The minimum Gasteiger partial charge on any atom is -0.401 e. The van der Waals surface area contributed by atoms with Crippen molar-refractivity contribution in [3.05, 3.63) is 69.2 Å². The lowest BCUT2D eigenvalue weighted by Crippen LogP contribution is -2.53. The number of barbiturate groups is 1. The predicted octanol–water partition coefficient (Wildman–Crippen LogP) is 1.99. The molecule has 1 N–H and O–H groups in total. The van der Waals surface area contributed by atoms with Crippen molar-refractivity contribution in [3.8, 4) is 0 Å². The van der Waals surface area contributed by atoms with Crippen molar-refractivity contribution in [2.75, 3.05) is 0 Å². The lowest BCUT2D eigenvalue weighted by atomic mass is 10.1. The standard InChI is InChI=1S/C16H10FN3O6/c17-10-3-1-9(2-4-10)8-19-15(22)12(14(21)18-16(19)23)7-11-5-6-13(26-11)20(24)25/h1-7H,8H2,(H,18,21,23). The van der Waals surface area contributed by atoms with Gasteiger partial charge in [-0.3, -0.25) is 29.9 Å². The quantitative estimate of drug-likeness (QED) is 0.385. The molecule has 0 aliphatic carbocycles. The summed E-state index contributed by atoms with van der Waals surface area (Å²) >= 11 is 0. The molecule has 0 atom stereocenters. The summed E-state index contributed by atoms with van der Waals surface area (Å²) in [5, 5.41) is 12.6. The molecule has 1 aliphatic rings. The van der Waals surface area contributed by atoms with Crippen molar-refractivity contribution in [2.45, 2.75) is 6.54 Å². The van der Waals surface area contributed by atoms with Crippen LogP contribution in [-0.4, -0.2) is 27.7 Å². The molecule has 132 valence electrons. The number of halogens is 1. The van der Waals surface area contributed by atoms with Crippen LogP contribution in [0.4, 0.5) is 15.1 Å². The van der Waals surface area contributed by atoms with Gasteiger partial charge in [-0.2, -0.15) is 0 Å². The molecule has 0 saturated carbocycles. The van der Waals surface area contributed by atoms with Crippen molar-refractivity contribution in [3.63, 3.8) is 0 Å². The minimum absolute atomic E-state index is 0.0914. The fourth-order valence-electron chi connectivity index (χ4n) is 2.27. The summed E-state index contributed by atoms with van der Waals surface area (Å²) in [4.78, 5) is 47.0. The summed E-state index contributed by atoms with van der Waals surface area (Å²) in [6.07, 6.45) is 1.01. The number of carbonyl (C=O) groups is 3. The number of imide groups is 2. The van der Waals surface area contributed by atoms with E-state index in [0.29, 0.717) is 5.56 Å². The molecular weight excluding hydrogens is 349 g/mol. The van der Waals surface area contributed by atoms with E-state index < -0.39 is 40.0 Å². The van der Waals surface area contributed by atoms with Crippen molar-refractivity contribution >= 4 is 29.8 Å². The first-order valence-corrected chi connectivity index (χ1v) is 7.22. The zero-order valence-corrected chi connectivity index (χ0v) is 13.0. The average molecular weight is 359 g/mol. The van der Waals surface area contributed by atoms with Crippen LogP contribution in [0.2, 0.25) is 0 Å². The largest absolute Gasteiger partial charge is 0.433 e. The summed E-state index contributed by atoms with van der Waals surface area (Å²) in [7, 11) is 0. The summed E-state index contributed by atoms with van der Waals surface area (Å²) < 4.78 is 17.8. The Kier molecular flexibility index (Phi) is 4.31. The number of nitro groups is 1. The highest BCUT2D eigenvalue weighted by molar-refractivity contribution is 6.30. The van der Waals surface area contributed by atoms with Gasteiger partial charge >= 0.3 is 11.9 Å². The highest BCUT2D eigenvalue weighted by atomic mass is 19.1. The smallest absolute Gasteiger partial charge is 0.401 e. The van der Waals surface area contributed by atoms with Crippen LogP contribution in [0.3, 0.4) is 0 Å². The van der Waals surface area contributed by atoms with Gasteiger partial charge < -0.3 is 4.42 Å². The number of urea groups is 1. The molecule has 4 amide bonds. The van der Waals surface area contributed by atoms with Gasteiger partial charge in [-0.1, -0.05) is 12.1 Å². The van der Waals surface area contributed by atoms with Gasteiger partial charge in [-0.15, -0.1) is 0 Å². The fraction of sp³-hybridized carbons (Fsp3) is 0.0625. The number of benzene rings is 1. The van der Waals surface area contributed by atoms with Gasteiger partial charge in [0.1, 0.15) is 22.1 Å². The molecule has 1 aliphatic heterocycles. The molecule has 0 bridgehead atoms. The fourth-order valence-corrected chi connectivity index (χ4v) is 2.27. The Morgan fingerprint density at radius 3 is 2.46 bits per heavy atom. The van der Waals surface area contributed by atoms with Crippen molar-refractivity contribution in [1.29, 1.82) is 0 Å². The number of hydrogen-bond donors (Lipinski definition) is 1. The second-order valence-electron chi connectivity index (χ2n) is 5.27. The summed E-state index contributed by atoms with van der Waals surface area (Å²) in [6, 6.07) is 6.49. The van der Waals surface area contributed by atoms with E-state index in [1.165, 1.54) is 30.3 Å². The molecule has 3 rings (SSSR count). The van der Waals surface area contributed by atoms with E-state index in [4.69, 9.17) is 4.42 Å². The molecule has 2 heterocycles. The second-order valence-corrected chi connectivity index (χ2v) is 5.27. The van der Waals surface area contributed by atoms with Gasteiger partial charge in [0.2, 0.25) is 0 Å². The van der Waals surface area contributed by atoms with Gasteiger partial charge in [0.25, 0.3) is 11.8 Å². The molecule has 0 unspecified atom stereocenters. The van der Waals surface area contributed by atoms with Crippen LogP contribution < -0.4 is 5.32 Å². The number of carbonyl (C=O) groups excluding carboxylic acids is 3. The van der Waals surface area contributed by atoms with Crippen LogP contribution in [0.15, 0.2) is 46.4 Å². The lowest BCUT2D eigenvalue weighted by molar-refractivity contribution is -0.402. The molecule has 2 aromatic rings. The second kappa shape index (κ2) is 6.59. The number of nitrogens with one attached hydrogen (secondary N) is 1. The Hall–Kier alpha value is -3.82. The highest BCUT2D eigenvalue weighted by Gasteiger charge is 2.36. The van der Waals surface area contributed by atoms with E-state index in [1.54, 1.807) is 0 Å². The van der Waals surface area contributed by atoms with E-state index >= 15 is 0 Å². The van der Waals surface area contributed by atoms with Gasteiger partial charge in [0.15, 0.2) is 0 Å². The van der Waals surface area contributed by atoms with Gasteiger partial charge in [-0.05, 0) is 29.8 Å². The van der Waals surface area contributed by atoms with Crippen LogP contribution in [-0.2, 0) is 16.1 Å². The minimum atomic E-state index is -0.950. The predicted molar refractivity (Wildman–Crippen MR) is 83.8 cm³/mol. The van der Waals surface area contributed by atoms with E-state index in [1.807, 2.05) is 5.32 Å². The maximum absolute atomic E-state index is 13.0. The molecule has 1 aromatic carbocycles. The normalized spacial score (nSPS) is 16.1. The van der Waals surface area contributed by atoms with Crippen LogP contribution in [0.1, 0.15) is 11.3 Å². The van der Waals surface area contributed by atoms with Gasteiger partial charge in [-0.25, -0.2) is 9.18 Å². The van der Waals surface area contributed by atoms with Crippen molar-refractivity contribution in [1.82, 2.24) is 10.2 Å². The van der Waals surface area contributed by atoms with Gasteiger partial charge in [0.05, 0.1) is 12.6 Å². The Balaban J connectivity index is 1.88. The Bertz CT molecular complexity index is 947. The Morgan fingerprint density at radius 1 is 1.15 bits per heavy atom. The van der Waals surface area contributed by atoms with Crippen molar-refractivity contribution in [2.24, 2.45) is 0 Å². The first-order valence-electron chi connectivity index (χ1n) is 7.22. The highest BCUT2D eigenvalue weighted by Crippen LogP contribution is 2.21. The summed E-state index contributed by atoms with van der Waals surface area (Å²) in [6.45, 7) is -0.187. The van der Waals surface area contributed by atoms with Crippen LogP contribution >= 0.6 is 0 Å². The Labute approximate surface area is 144 Å². The number of furan rings is 1. The van der Waals surface area contributed by atoms with E-state index in [2.05, 4.69) is 0 Å². The molecule has 9 nitrogen and oxygen atoms in total. The van der Waals surface area contributed by atoms with E-state index in [9.17, 15) is 28.9 Å². The molecule has 0 spiro atoms. The third kappa shape index (κ3) is 3.34. The number of hydrogen-bond acceptors (Lipinski definition) is 6. The molecule has 1 saturated heterocycles. The number of nitrogens with zero attached hydrogens (tertiary/aromatic N) is 2. The lowest BCUT2D eigenvalue weighted by Gasteiger charge is -2.26. The van der Waals surface area contributed by atoms with E-state index in [0.717, 1.165) is 17.0 Å². The first kappa shape index (κ1) is 17.0. The zero-order valence-electron chi connectivity index (χ0n) is 13.0. The first-order chi connectivity index (χ1) is 12.3.